The molecule has 22 heavy (non-hydrogen) atoms. The van der Waals surface area contributed by atoms with Gasteiger partial charge in [-0.05, 0) is 49.3 Å². The average Bonchev–Trinajstić information content (AvgIpc) is 3.09. The summed E-state index contributed by atoms with van der Waals surface area (Å²) in [4.78, 5) is 16.7. The predicted molar refractivity (Wildman–Crippen MR) is 91.7 cm³/mol. The Bertz CT molecular complexity index is 506. The number of aliphatic hydroxyl groups is 1. The van der Waals surface area contributed by atoms with E-state index in [1.54, 1.807) is 0 Å². The smallest absolute Gasteiger partial charge is 0.253 e. The molecule has 5 heteroatoms. The van der Waals surface area contributed by atoms with Crippen LogP contribution in [0.3, 0.4) is 0 Å². The number of benzene rings is 1. The molecule has 1 N–H and O–H groups in total. The Hall–Kier alpha value is -1.20. The molecular formula is C17H24N2O2S. The minimum absolute atomic E-state index is 0.119. The van der Waals surface area contributed by atoms with Crippen LogP contribution >= 0.6 is 11.8 Å². The van der Waals surface area contributed by atoms with Crippen LogP contribution < -0.4 is 4.90 Å². The molecule has 1 atom stereocenters. The van der Waals surface area contributed by atoms with Crippen LogP contribution in [0.4, 0.5) is 5.69 Å². The van der Waals surface area contributed by atoms with E-state index in [0.717, 1.165) is 55.1 Å². The molecule has 1 aromatic carbocycles. The van der Waals surface area contributed by atoms with Gasteiger partial charge < -0.3 is 14.9 Å². The van der Waals surface area contributed by atoms with Gasteiger partial charge >= 0.3 is 0 Å². The van der Waals surface area contributed by atoms with Gasteiger partial charge in [0.05, 0.1) is 6.10 Å². The van der Waals surface area contributed by atoms with Crippen LogP contribution in [-0.4, -0.2) is 59.7 Å². The van der Waals surface area contributed by atoms with Crippen molar-refractivity contribution in [2.24, 2.45) is 0 Å². The van der Waals surface area contributed by atoms with Crippen LogP contribution in [0.2, 0.25) is 0 Å². The Kier molecular flexibility index (Phi) is 4.93. The molecule has 0 bridgehead atoms. The first-order chi connectivity index (χ1) is 10.6. The summed E-state index contributed by atoms with van der Waals surface area (Å²) < 4.78 is 0. The highest BCUT2D eigenvalue weighted by Gasteiger charge is 2.25. The molecule has 0 saturated carbocycles. The van der Waals surface area contributed by atoms with E-state index in [-0.39, 0.29) is 12.0 Å². The van der Waals surface area contributed by atoms with Crippen LogP contribution in [0.25, 0.3) is 0 Å². The van der Waals surface area contributed by atoms with Crippen LogP contribution in [0.1, 0.15) is 29.6 Å². The minimum Gasteiger partial charge on any atom is -0.393 e. The zero-order valence-corrected chi connectivity index (χ0v) is 13.9. The molecule has 0 spiro atoms. The van der Waals surface area contributed by atoms with Crippen molar-refractivity contribution in [2.75, 3.05) is 36.5 Å². The van der Waals surface area contributed by atoms with Crippen molar-refractivity contribution < 1.29 is 9.90 Å². The van der Waals surface area contributed by atoms with E-state index < -0.39 is 0 Å². The number of amides is 1. The number of aliphatic hydroxyl groups excluding tert-OH is 1. The van der Waals surface area contributed by atoms with Gasteiger partial charge in [-0.1, -0.05) is 0 Å². The standard InChI is InChI=1S/C17H24N2O2S/c1-18(15-8-11-22-12-15)17(21)13-2-4-14(5-3-13)19-9-6-16(20)7-10-19/h2-5,15-16,20H,6-12H2,1H3. The molecule has 1 unspecified atom stereocenters. The van der Waals surface area contributed by atoms with Gasteiger partial charge in [-0.25, -0.2) is 0 Å². The van der Waals surface area contributed by atoms with Gasteiger partial charge in [-0.15, -0.1) is 0 Å². The number of carbonyl (C=O) groups excluding carboxylic acids is 1. The molecule has 1 amide bonds. The highest BCUT2D eigenvalue weighted by atomic mass is 32.2. The Morgan fingerprint density at radius 3 is 2.50 bits per heavy atom. The first kappa shape index (κ1) is 15.7. The molecule has 0 aromatic heterocycles. The van der Waals surface area contributed by atoms with Crippen LogP contribution in [-0.2, 0) is 0 Å². The second-order valence-electron chi connectivity index (χ2n) is 6.20. The van der Waals surface area contributed by atoms with Crippen molar-refractivity contribution >= 4 is 23.4 Å². The third-order valence-electron chi connectivity index (χ3n) is 4.72. The lowest BCUT2D eigenvalue weighted by Gasteiger charge is -2.31. The molecule has 0 radical (unpaired) electrons. The Morgan fingerprint density at radius 1 is 1.23 bits per heavy atom. The number of rotatable bonds is 3. The predicted octanol–water partition coefficient (Wildman–Crippen LogP) is 2.23. The number of nitrogens with zero attached hydrogens (tertiary/aromatic N) is 2. The van der Waals surface area contributed by atoms with E-state index in [2.05, 4.69) is 4.90 Å². The normalized spacial score (nSPS) is 22.8. The van der Waals surface area contributed by atoms with Crippen molar-refractivity contribution in [3.05, 3.63) is 29.8 Å². The maximum atomic E-state index is 12.5. The maximum Gasteiger partial charge on any atom is 0.253 e. The molecule has 2 aliphatic rings. The fourth-order valence-corrected chi connectivity index (χ4v) is 4.40. The Morgan fingerprint density at radius 2 is 1.91 bits per heavy atom. The summed E-state index contributed by atoms with van der Waals surface area (Å²) in [6, 6.07) is 8.30. The molecule has 2 saturated heterocycles. The fourth-order valence-electron chi connectivity index (χ4n) is 3.14. The number of hydrogen-bond acceptors (Lipinski definition) is 4. The zero-order chi connectivity index (χ0) is 15.5. The van der Waals surface area contributed by atoms with Crippen molar-refractivity contribution in [3.8, 4) is 0 Å². The summed E-state index contributed by atoms with van der Waals surface area (Å²) in [5.74, 6) is 2.33. The zero-order valence-electron chi connectivity index (χ0n) is 13.1. The topological polar surface area (TPSA) is 43.8 Å². The number of piperidine rings is 1. The fraction of sp³-hybridized carbons (Fsp3) is 0.588. The molecule has 0 aliphatic carbocycles. The van der Waals surface area contributed by atoms with Gasteiger partial charge in [0, 0.05) is 43.2 Å². The van der Waals surface area contributed by atoms with Gasteiger partial charge in [0.1, 0.15) is 0 Å². The summed E-state index contributed by atoms with van der Waals surface area (Å²) in [5, 5.41) is 9.58. The summed E-state index contributed by atoms with van der Waals surface area (Å²) in [6.07, 6.45) is 2.59. The monoisotopic (exact) mass is 320 g/mol. The second-order valence-corrected chi connectivity index (χ2v) is 7.35. The number of anilines is 1. The summed E-state index contributed by atoms with van der Waals surface area (Å²) in [7, 11) is 1.92. The van der Waals surface area contributed by atoms with Gasteiger partial charge in [0.25, 0.3) is 5.91 Å². The molecule has 2 fully saturated rings. The van der Waals surface area contributed by atoms with Gasteiger partial charge in [0.2, 0.25) is 0 Å². The third kappa shape index (κ3) is 3.41. The van der Waals surface area contributed by atoms with Gasteiger partial charge in [-0.3, -0.25) is 4.79 Å². The lowest BCUT2D eigenvalue weighted by atomic mass is 10.1. The van der Waals surface area contributed by atoms with Gasteiger partial charge in [-0.2, -0.15) is 11.8 Å². The van der Waals surface area contributed by atoms with E-state index in [1.165, 1.54) is 0 Å². The molecule has 2 heterocycles. The van der Waals surface area contributed by atoms with Crippen molar-refractivity contribution in [3.63, 3.8) is 0 Å². The molecule has 4 nitrogen and oxygen atoms in total. The largest absolute Gasteiger partial charge is 0.393 e. The highest BCUT2D eigenvalue weighted by Crippen LogP contribution is 2.24. The number of thioether (sulfide) groups is 1. The number of hydrogen-bond donors (Lipinski definition) is 1. The second kappa shape index (κ2) is 6.92. The molecular weight excluding hydrogens is 296 g/mol. The Labute approximate surface area is 136 Å². The van der Waals surface area contributed by atoms with E-state index in [4.69, 9.17) is 0 Å². The van der Waals surface area contributed by atoms with E-state index in [1.807, 2.05) is 48.0 Å². The van der Waals surface area contributed by atoms with Crippen LogP contribution in [0, 0.1) is 0 Å². The molecule has 120 valence electrons. The SMILES string of the molecule is CN(C(=O)c1ccc(N2CCC(O)CC2)cc1)C1CCSC1. The van der Waals surface area contributed by atoms with Crippen LogP contribution in [0.15, 0.2) is 24.3 Å². The minimum atomic E-state index is -0.157. The maximum absolute atomic E-state index is 12.5. The molecule has 3 rings (SSSR count). The lowest BCUT2D eigenvalue weighted by Crippen LogP contribution is -2.37. The Balaban J connectivity index is 1.64. The van der Waals surface area contributed by atoms with Crippen LogP contribution in [0.5, 0.6) is 0 Å². The quantitative estimate of drug-likeness (QED) is 0.927. The van der Waals surface area contributed by atoms with E-state index in [0.29, 0.717) is 6.04 Å². The number of carbonyl (C=O) groups is 1. The highest BCUT2D eigenvalue weighted by molar-refractivity contribution is 7.99. The first-order valence-corrected chi connectivity index (χ1v) is 9.18. The van der Waals surface area contributed by atoms with Crippen molar-refractivity contribution in [1.29, 1.82) is 0 Å². The summed E-state index contributed by atoms with van der Waals surface area (Å²) in [6.45, 7) is 1.77. The molecule has 1 aromatic rings. The van der Waals surface area contributed by atoms with Gasteiger partial charge in [0.15, 0.2) is 0 Å². The summed E-state index contributed by atoms with van der Waals surface area (Å²) in [5.41, 5.74) is 1.91. The average molecular weight is 320 g/mol. The molecule has 2 aliphatic heterocycles. The lowest BCUT2D eigenvalue weighted by molar-refractivity contribution is 0.0748. The summed E-state index contributed by atoms with van der Waals surface area (Å²) >= 11 is 1.92. The van der Waals surface area contributed by atoms with Crippen molar-refractivity contribution in [1.82, 2.24) is 4.90 Å². The van der Waals surface area contributed by atoms with E-state index >= 15 is 0 Å². The third-order valence-corrected chi connectivity index (χ3v) is 5.86. The van der Waals surface area contributed by atoms with E-state index in [9.17, 15) is 9.90 Å². The van der Waals surface area contributed by atoms with Crippen molar-refractivity contribution in [2.45, 2.75) is 31.4 Å². The first-order valence-electron chi connectivity index (χ1n) is 8.03.